The van der Waals surface area contributed by atoms with Gasteiger partial charge in [-0.05, 0) is 5.75 Å². The van der Waals surface area contributed by atoms with Crippen LogP contribution in [0.5, 0.6) is 0 Å². The van der Waals surface area contributed by atoms with E-state index in [0.717, 1.165) is 0 Å². The lowest BCUT2D eigenvalue weighted by atomic mass is 10.9. The van der Waals surface area contributed by atoms with Crippen LogP contribution < -0.4 is 0 Å². The number of thioether (sulfide) groups is 1. The Kier molecular flexibility index (Phi) is 5.08. The van der Waals surface area contributed by atoms with Gasteiger partial charge in [0.05, 0.1) is 6.61 Å². The van der Waals surface area contributed by atoms with Crippen LogP contribution in [0.4, 0.5) is 13.2 Å². The maximum atomic E-state index is 11.6. The Hall–Kier alpha value is 0.0500. The molecule has 0 unspecified atom stereocenters. The molecule has 0 spiro atoms. The van der Waals surface area contributed by atoms with Crippen LogP contribution in [0.15, 0.2) is 0 Å². The minimum Gasteiger partial charge on any atom is -0.262 e. The van der Waals surface area contributed by atoms with E-state index in [1.807, 2.05) is 6.92 Å². The zero-order valence-corrected chi connectivity index (χ0v) is 8.43. The van der Waals surface area contributed by atoms with E-state index in [1.54, 1.807) is 0 Å². The number of alkyl halides is 3. The molecule has 13 heavy (non-hydrogen) atoms. The van der Waals surface area contributed by atoms with Crippen LogP contribution in [-0.2, 0) is 14.3 Å². The minimum absolute atomic E-state index is 0.228. The van der Waals surface area contributed by atoms with Gasteiger partial charge >= 0.3 is 15.6 Å². The highest BCUT2D eigenvalue weighted by atomic mass is 32.2. The molecule has 0 fully saturated rings. The van der Waals surface area contributed by atoms with Crippen LogP contribution in [-0.4, -0.2) is 32.0 Å². The SMILES string of the molecule is CCSCCOS(=O)(=O)C(F)(F)F. The predicted molar refractivity (Wildman–Crippen MR) is 43.9 cm³/mol. The van der Waals surface area contributed by atoms with Gasteiger partial charge in [-0.3, -0.25) is 4.18 Å². The van der Waals surface area contributed by atoms with E-state index in [-0.39, 0.29) is 5.75 Å². The summed E-state index contributed by atoms with van der Waals surface area (Å²) in [6.07, 6.45) is 0. The van der Waals surface area contributed by atoms with Gasteiger partial charge in [0.2, 0.25) is 0 Å². The van der Waals surface area contributed by atoms with Gasteiger partial charge < -0.3 is 0 Å². The maximum Gasteiger partial charge on any atom is 0.523 e. The molecule has 3 nitrogen and oxygen atoms in total. The molecule has 0 saturated carbocycles. The Labute approximate surface area is 78.8 Å². The number of hydrogen-bond donors (Lipinski definition) is 0. The van der Waals surface area contributed by atoms with E-state index >= 15 is 0 Å². The molecule has 0 amide bonds. The van der Waals surface area contributed by atoms with E-state index in [1.165, 1.54) is 11.8 Å². The number of hydrogen-bond acceptors (Lipinski definition) is 4. The quantitative estimate of drug-likeness (QED) is 0.414. The highest BCUT2D eigenvalue weighted by molar-refractivity contribution is 7.99. The molecule has 80 valence electrons. The number of halogens is 3. The van der Waals surface area contributed by atoms with Crippen LogP contribution in [0.1, 0.15) is 6.92 Å². The zero-order chi connectivity index (χ0) is 10.5. The minimum atomic E-state index is -5.39. The summed E-state index contributed by atoms with van der Waals surface area (Å²) in [4.78, 5) is 0. The fourth-order valence-electron chi connectivity index (χ4n) is 0.414. The molecule has 0 aromatic heterocycles. The molecule has 0 aliphatic rings. The van der Waals surface area contributed by atoms with E-state index in [4.69, 9.17) is 0 Å². The average Bonchev–Trinajstić information content (AvgIpc) is 1.96. The Morgan fingerprint density at radius 3 is 2.31 bits per heavy atom. The first-order valence-electron chi connectivity index (χ1n) is 3.34. The fourth-order valence-corrected chi connectivity index (χ4v) is 1.45. The summed E-state index contributed by atoms with van der Waals surface area (Å²) in [6, 6.07) is 0. The fraction of sp³-hybridized carbons (Fsp3) is 1.00. The van der Waals surface area contributed by atoms with Crippen molar-refractivity contribution in [3.8, 4) is 0 Å². The maximum absolute atomic E-state index is 11.6. The highest BCUT2D eigenvalue weighted by Gasteiger charge is 2.47. The van der Waals surface area contributed by atoms with Gasteiger partial charge in [0.25, 0.3) is 0 Å². The van der Waals surface area contributed by atoms with Crippen LogP contribution in [0.25, 0.3) is 0 Å². The molecule has 0 heterocycles. The molecule has 0 radical (unpaired) electrons. The number of rotatable bonds is 5. The predicted octanol–water partition coefficient (Wildman–Crippen LogP) is 1.61. The lowest BCUT2D eigenvalue weighted by Crippen LogP contribution is -2.26. The zero-order valence-electron chi connectivity index (χ0n) is 6.80. The van der Waals surface area contributed by atoms with Gasteiger partial charge in [0.15, 0.2) is 0 Å². The van der Waals surface area contributed by atoms with Gasteiger partial charge in [-0.1, -0.05) is 6.92 Å². The lowest BCUT2D eigenvalue weighted by molar-refractivity contribution is -0.0538. The van der Waals surface area contributed by atoms with E-state index in [9.17, 15) is 21.6 Å². The van der Waals surface area contributed by atoms with Crippen LogP contribution >= 0.6 is 11.8 Å². The molecule has 8 heteroatoms. The van der Waals surface area contributed by atoms with Crippen molar-refractivity contribution in [1.82, 2.24) is 0 Å². The summed E-state index contributed by atoms with van der Waals surface area (Å²) in [7, 11) is -5.39. The van der Waals surface area contributed by atoms with Crippen molar-refractivity contribution in [2.45, 2.75) is 12.4 Å². The average molecular weight is 238 g/mol. The van der Waals surface area contributed by atoms with Crippen LogP contribution in [0, 0.1) is 0 Å². The van der Waals surface area contributed by atoms with Gasteiger partial charge in [-0.15, -0.1) is 0 Å². The smallest absolute Gasteiger partial charge is 0.262 e. The van der Waals surface area contributed by atoms with Gasteiger partial charge in [0, 0.05) is 5.75 Å². The molecule has 0 aliphatic heterocycles. The summed E-state index contributed by atoms with van der Waals surface area (Å²) in [6.45, 7) is 1.36. The second kappa shape index (κ2) is 5.06. The van der Waals surface area contributed by atoms with Crippen molar-refractivity contribution < 1.29 is 25.8 Å². The lowest BCUT2D eigenvalue weighted by Gasteiger charge is -2.07. The second-order valence-corrected chi connectivity index (χ2v) is 4.92. The van der Waals surface area contributed by atoms with Crippen LogP contribution in [0.2, 0.25) is 0 Å². The Bertz CT molecular complexity index is 234. The van der Waals surface area contributed by atoms with E-state index in [0.29, 0.717) is 5.75 Å². The van der Waals surface area contributed by atoms with Crippen molar-refractivity contribution in [2.24, 2.45) is 0 Å². The molecule has 0 aromatic rings. The topological polar surface area (TPSA) is 43.4 Å². The normalized spacial score (nSPS) is 13.2. The Morgan fingerprint density at radius 1 is 1.38 bits per heavy atom. The van der Waals surface area contributed by atoms with Gasteiger partial charge in [-0.25, -0.2) is 0 Å². The van der Waals surface area contributed by atoms with Crippen molar-refractivity contribution in [3.05, 3.63) is 0 Å². The highest BCUT2D eigenvalue weighted by Crippen LogP contribution is 2.24. The van der Waals surface area contributed by atoms with Crippen molar-refractivity contribution in [1.29, 1.82) is 0 Å². The molecule has 0 rings (SSSR count). The second-order valence-electron chi connectivity index (χ2n) is 1.92. The summed E-state index contributed by atoms with van der Waals surface area (Å²) >= 11 is 1.30. The molecule has 0 bridgehead atoms. The molecule has 0 saturated heterocycles. The summed E-state index contributed by atoms with van der Waals surface area (Å²) in [5.41, 5.74) is -5.32. The third-order valence-corrected chi connectivity index (χ3v) is 2.86. The first kappa shape index (κ1) is 13.1. The molecular formula is C5H9F3O3S2. The Balaban J connectivity index is 3.92. The molecule has 0 aromatic carbocycles. The molecular weight excluding hydrogens is 229 g/mol. The van der Waals surface area contributed by atoms with Gasteiger partial charge in [-0.2, -0.15) is 33.4 Å². The third kappa shape index (κ3) is 4.72. The van der Waals surface area contributed by atoms with Crippen molar-refractivity contribution in [3.63, 3.8) is 0 Å². The van der Waals surface area contributed by atoms with Crippen molar-refractivity contribution in [2.75, 3.05) is 18.1 Å². The summed E-state index contributed by atoms with van der Waals surface area (Å²) in [5, 5.41) is 0. The largest absolute Gasteiger partial charge is 0.523 e. The molecule has 0 aliphatic carbocycles. The first-order valence-corrected chi connectivity index (χ1v) is 5.91. The standard InChI is InChI=1S/C5H9F3O3S2/c1-2-12-4-3-11-13(9,10)5(6,7)8/h2-4H2,1H3. The van der Waals surface area contributed by atoms with E-state index in [2.05, 4.69) is 4.18 Å². The van der Waals surface area contributed by atoms with E-state index < -0.39 is 22.2 Å². The van der Waals surface area contributed by atoms with Crippen molar-refractivity contribution >= 4 is 21.9 Å². The van der Waals surface area contributed by atoms with Crippen LogP contribution in [0.3, 0.4) is 0 Å². The van der Waals surface area contributed by atoms with Gasteiger partial charge in [0.1, 0.15) is 0 Å². The monoisotopic (exact) mass is 238 g/mol. The first-order chi connectivity index (χ1) is 5.81. The summed E-state index contributed by atoms with van der Waals surface area (Å²) < 4.78 is 59.1. The Morgan fingerprint density at radius 2 is 1.92 bits per heavy atom. The third-order valence-electron chi connectivity index (χ3n) is 0.954. The molecule has 0 N–H and O–H groups in total. The summed E-state index contributed by atoms with van der Waals surface area (Å²) in [5.74, 6) is 0.932. The molecule has 0 atom stereocenters.